The third kappa shape index (κ3) is 4.97. The smallest absolute Gasteiger partial charge is 0.227 e. The van der Waals surface area contributed by atoms with Crippen LogP contribution in [0, 0.1) is 6.92 Å². The van der Waals surface area contributed by atoms with E-state index in [0.717, 1.165) is 22.4 Å². The second kappa shape index (κ2) is 9.21. The molecule has 1 aliphatic rings. The van der Waals surface area contributed by atoms with Crippen LogP contribution in [0.2, 0.25) is 10.0 Å². The fraction of sp³-hybridized carbons (Fsp3) is 0.240. The zero-order valence-electron chi connectivity index (χ0n) is 17.3. The summed E-state index contributed by atoms with van der Waals surface area (Å²) in [7, 11) is 0. The highest BCUT2D eigenvalue weighted by atomic mass is 35.5. The molecule has 6 heteroatoms. The molecule has 3 aromatic rings. The lowest BCUT2D eigenvalue weighted by Gasteiger charge is -2.43. The summed E-state index contributed by atoms with van der Waals surface area (Å²) < 4.78 is 0. The Labute approximate surface area is 192 Å². The first-order valence-electron chi connectivity index (χ1n) is 10.2. The van der Waals surface area contributed by atoms with Crippen molar-refractivity contribution in [3.63, 3.8) is 0 Å². The minimum atomic E-state index is -0.0423. The van der Waals surface area contributed by atoms with Gasteiger partial charge in [0.25, 0.3) is 0 Å². The van der Waals surface area contributed by atoms with E-state index in [1.54, 1.807) is 18.2 Å². The number of phenols is 1. The molecule has 0 spiro atoms. The van der Waals surface area contributed by atoms with Gasteiger partial charge < -0.3 is 14.9 Å². The van der Waals surface area contributed by atoms with Crippen LogP contribution in [-0.4, -0.2) is 35.5 Å². The molecule has 1 saturated heterocycles. The molecule has 4 rings (SSSR count). The van der Waals surface area contributed by atoms with Crippen LogP contribution in [0.3, 0.4) is 0 Å². The lowest BCUT2D eigenvalue weighted by atomic mass is 10.00. The maximum atomic E-state index is 13.0. The first kappa shape index (κ1) is 21.5. The second-order valence-corrected chi connectivity index (χ2v) is 8.75. The van der Waals surface area contributed by atoms with E-state index in [2.05, 4.69) is 11.0 Å². The van der Waals surface area contributed by atoms with Crippen LogP contribution in [0.1, 0.15) is 22.7 Å². The number of aryl methyl sites for hydroxylation is 1. The van der Waals surface area contributed by atoms with Crippen molar-refractivity contribution in [2.75, 3.05) is 24.5 Å². The van der Waals surface area contributed by atoms with Gasteiger partial charge in [-0.05, 0) is 60.0 Å². The fourth-order valence-electron chi connectivity index (χ4n) is 4.07. The van der Waals surface area contributed by atoms with Crippen LogP contribution in [0.15, 0.2) is 66.7 Å². The lowest BCUT2D eigenvalue weighted by Crippen LogP contribution is -2.51. The summed E-state index contributed by atoms with van der Waals surface area (Å²) in [4.78, 5) is 17.2. The first-order chi connectivity index (χ1) is 14.9. The Morgan fingerprint density at radius 1 is 1.03 bits per heavy atom. The molecule has 1 fully saturated rings. The number of phenolic OH excluding ortho intramolecular Hbond substituents is 1. The van der Waals surface area contributed by atoms with Gasteiger partial charge in [-0.1, -0.05) is 53.5 Å². The minimum Gasteiger partial charge on any atom is -0.508 e. The summed E-state index contributed by atoms with van der Waals surface area (Å²) in [5, 5.41) is 11.1. The van der Waals surface area contributed by atoms with E-state index in [1.807, 2.05) is 54.3 Å². The summed E-state index contributed by atoms with van der Waals surface area (Å²) in [5.74, 6) is 0.211. The largest absolute Gasteiger partial charge is 0.508 e. The number of hydrogen-bond acceptors (Lipinski definition) is 3. The van der Waals surface area contributed by atoms with E-state index in [-0.39, 0.29) is 24.1 Å². The van der Waals surface area contributed by atoms with Crippen LogP contribution in [-0.2, 0) is 11.2 Å². The highest BCUT2D eigenvalue weighted by Crippen LogP contribution is 2.36. The first-order valence-corrected chi connectivity index (χ1v) is 11.0. The Morgan fingerprint density at radius 3 is 2.52 bits per heavy atom. The molecular formula is C25H24Cl2N2O2. The summed E-state index contributed by atoms with van der Waals surface area (Å²) in [5.41, 5.74) is 3.96. The van der Waals surface area contributed by atoms with Gasteiger partial charge in [-0.15, -0.1) is 0 Å². The van der Waals surface area contributed by atoms with Crippen molar-refractivity contribution in [1.29, 1.82) is 0 Å². The zero-order valence-corrected chi connectivity index (χ0v) is 18.8. The van der Waals surface area contributed by atoms with Gasteiger partial charge in [-0.3, -0.25) is 4.79 Å². The van der Waals surface area contributed by atoms with E-state index < -0.39 is 0 Å². The number of carbonyl (C=O) groups excluding carboxylic acids is 1. The highest BCUT2D eigenvalue weighted by molar-refractivity contribution is 6.33. The molecule has 0 bridgehead atoms. The third-order valence-electron chi connectivity index (χ3n) is 5.67. The van der Waals surface area contributed by atoms with Crippen molar-refractivity contribution < 1.29 is 9.90 Å². The standard InChI is InChI=1S/C25H24Cl2N2O2/c1-17-5-10-23(22(27)13-17)29-12-11-28(16-24(29)19-6-8-20(26)9-7-19)25(31)15-18-3-2-4-21(30)14-18/h2-10,13-14,24,30H,11-12,15-16H2,1H3. The number of piperazine rings is 1. The Kier molecular flexibility index (Phi) is 6.40. The number of carbonyl (C=O) groups is 1. The van der Waals surface area contributed by atoms with Gasteiger partial charge in [0, 0.05) is 24.7 Å². The summed E-state index contributed by atoms with van der Waals surface area (Å²) in [6, 6.07) is 20.6. The molecule has 31 heavy (non-hydrogen) atoms. The molecule has 1 atom stereocenters. The van der Waals surface area contributed by atoms with Gasteiger partial charge >= 0.3 is 0 Å². The van der Waals surface area contributed by atoms with E-state index in [0.29, 0.717) is 29.7 Å². The van der Waals surface area contributed by atoms with Crippen molar-refractivity contribution in [2.45, 2.75) is 19.4 Å². The van der Waals surface area contributed by atoms with Gasteiger partial charge in [0.2, 0.25) is 5.91 Å². The van der Waals surface area contributed by atoms with Crippen LogP contribution < -0.4 is 4.90 Å². The van der Waals surface area contributed by atoms with Gasteiger partial charge in [0.05, 0.1) is 23.2 Å². The van der Waals surface area contributed by atoms with Gasteiger partial charge in [0.15, 0.2) is 0 Å². The van der Waals surface area contributed by atoms with Gasteiger partial charge in [0.1, 0.15) is 5.75 Å². The Balaban J connectivity index is 1.60. The third-order valence-corrected chi connectivity index (χ3v) is 6.22. The van der Waals surface area contributed by atoms with Crippen molar-refractivity contribution in [3.8, 4) is 5.75 Å². The Hall–Kier alpha value is -2.69. The lowest BCUT2D eigenvalue weighted by molar-refractivity contribution is -0.131. The van der Waals surface area contributed by atoms with E-state index in [1.165, 1.54) is 0 Å². The van der Waals surface area contributed by atoms with Crippen molar-refractivity contribution in [3.05, 3.63) is 93.5 Å². The molecule has 0 aromatic heterocycles. The zero-order chi connectivity index (χ0) is 22.0. The van der Waals surface area contributed by atoms with Crippen LogP contribution in [0.4, 0.5) is 5.69 Å². The maximum Gasteiger partial charge on any atom is 0.227 e. The molecule has 1 N–H and O–H groups in total. The van der Waals surface area contributed by atoms with Crippen LogP contribution >= 0.6 is 23.2 Å². The Morgan fingerprint density at radius 2 is 1.81 bits per heavy atom. The average molecular weight is 455 g/mol. The van der Waals surface area contributed by atoms with Crippen LogP contribution in [0.5, 0.6) is 5.75 Å². The number of anilines is 1. The van der Waals surface area contributed by atoms with E-state index in [9.17, 15) is 9.90 Å². The number of halogens is 2. The summed E-state index contributed by atoms with van der Waals surface area (Å²) in [6.07, 6.45) is 0.257. The Bertz CT molecular complexity index is 1090. The minimum absolute atomic E-state index is 0.0409. The molecule has 1 aliphatic heterocycles. The molecule has 0 saturated carbocycles. The van der Waals surface area contributed by atoms with Crippen molar-refractivity contribution in [1.82, 2.24) is 4.90 Å². The van der Waals surface area contributed by atoms with E-state index in [4.69, 9.17) is 23.2 Å². The van der Waals surface area contributed by atoms with Gasteiger partial charge in [-0.2, -0.15) is 0 Å². The maximum absolute atomic E-state index is 13.0. The SMILES string of the molecule is Cc1ccc(N2CCN(C(=O)Cc3cccc(O)c3)CC2c2ccc(Cl)cc2)c(Cl)c1. The number of hydrogen-bond donors (Lipinski definition) is 1. The highest BCUT2D eigenvalue weighted by Gasteiger charge is 2.31. The molecule has 4 nitrogen and oxygen atoms in total. The quantitative estimate of drug-likeness (QED) is 0.554. The molecule has 1 heterocycles. The number of amides is 1. The molecular weight excluding hydrogens is 431 g/mol. The van der Waals surface area contributed by atoms with Crippen molar-refractivity contribution >= 4 is 34.8 Å². The number of benzene rings is 3. The normalized spacial score (nSPS) is 16.4. The summed E-state index contributed by atoms with van der Waals surface area (Å²) in [6.45, 7) is 3.83. The van der Waals surface area contributed by atoms with Crippen LogP contribution in [0.25, 0.3) is 0 Å². The van der Waals surface area contributed by atoms with E-state index >= 15 is 0 Å². The number of rotatable bonds is 4. The summed E-state index contributed by atoms with van der Waals surface area (Å²) >= 11 is 12.7. The molecule has 160 valence electrons. The molecule has 1 amide bonds. The number of aromatic hydroxyl groups is 1. The predicted octanol–water partition coefficient (Wildman–Crippen LogP) is 5.64. The number of nitrogens with zero attached hydrogens (tertiary/aromatic N) is 2. The topological polar surface area (TPSA) is 43.8 Å². The van der Waals surface area contributed by atoms with Crippen molar-refractivity contribution in [2.24, 2.45) is 0 Å². The predicted molar refractivity (Wildman–Crippen MR) is 126 cm³/mol. The fourth-order valence-corrected chi connectivity index (χ4v) is 4.54. The molecule has 3 aromatic carbocycles. The average Bonchev–Trinajstić information content (AvgIpc) is 2.74. The molecule has 0 radical (unpaired) electrons. The second-order valence-electron chi connectivity index (χ2n) is 7.90. The molecule has 1 unspecified atom stereocenters. The van der Waals surface area contributed by atoms with Gasteiger partial charge in [-0.25, -0.2) is 0 Å². The molecule has 0 aliphatic carbocycles. The monoisotopic (exact) mass is 454 g/mol.